The van der Waals surface area contributed by atoms with Gasteiger partial charge in [0.25, 0.3) is 0 Å². The Bertz CT molecular complexity index is 1140. The number of halogens is 2. The van der Waals surface area contributed by atoms with Crippen molar-refractivity contribution in [3.05, 3.63) is 97.4 Å². The molecule has 3 aromatic rings. The maximum Gasteiger partial charge on any atom is 0.335 e. The van der Waals surface area contributed by atoms with Crippen LogP contribution in [-0.4, -0.2) is 11.1 Å². The number of nitriles is 1. The van der Waals surface area contributed by atoms with Crippen LogP contribution in [0.1, 0.15) is 32.6 Å². The van der Waals surface area contributed by atoms with Crippen LogP contribution < -0.4 is 4.74 Å². The third-order valence-electron chi connectivity index (χ3n) is 4.36. The highest BCUT2D eigenvalue weighted by atomic mass is 79.9. The lowest BCUT2D eigenvalue weighted by atomic mass is 10.0. The molecule has 0 atom stereocenters. The van der Waals surface area contributed by atoms with E-state index in [0.717, 1.165) is 20.1 Å². The summed E-state index contributed by atoms with van der Waals surface area (Å²) in [5.74, 6) is -0.323. The highest BCUT2D eigenvalue weighted by Crippen LogP contribution is 2.36. The second kappa shape index (κ2) is 9.75. The smallest absolute Gasteiger partial charge is 0.335 e. The average molecular weight is 527 g/mol. The number of hydrogen-bond donors (Lipinski definition) is 1. The van der Waals surface area contributed by atoms with Crippen LogP contribution in [-0.2, 0) is 6.61 Å². The van der Waals surface area contributed by atoms with E-state index in [-0.39, 0.29) is 5.56 Å². The third kappa shape index (κ3) is 5.38. The molecule has 150 valence electrons. The van der Waals surface area contributed by atoms with Gasteiger partial charge in [-0.1, -0.05) is 42.0 Å². The minimum absolute atomic E-state index is 0.177. The van der Waals surface area contributed by atoms with Crippen LogP contribution in [0.5, 0.6) is 5.75 Å². The molecule has 0 spiro atoms. The van der Waals surface area contributed by atoms with Crippen molar-refractivity contribution in [1.82, 2.24) is 0 Å². The number of aromatic carboxylic acids is 1. The van der Waals surface area contributed by atoms with Crippen LogP contribution in [0.3, 0.4) is 0 Å². The zero-order valence-electron chi connectivity index (χ0n) is 16.0. The predicted molar refractivity (Wildman–Crippen MR) is 124 cm³/mol. The molecule has 0 fully saturated rings. The summed E-state index contributed by atoms with van der Waals surface area (Å²) in [7, 11) is 0. The number of aryl methyl sites for hydroxylation is 1. The van der Waals surface area contributed by atoms with Crippen molar-refractivity contribution in [3.8, 4) is 11.8 Å². The summed E-state index contributed by atoms with van der Waals surface area (Å²) < 4.78 is 7.50. The number of rotatable bonds is 6. The van der Waals surface area contributed by atoms with E-state index < -0.39 is 5.97 Å². The first kappa shape index (κ1) is 21.8. The molecule has 3 aromatic carbocycles. The van der Waals surface area contributed by atoms with E-state index in [0.29, 0.717) is 23.5 Å². The van der Waals surface area contributed by atoms with Crippen LogP contribution in [0.25, 0.3) is 11.6 Å². The number of ether oxygens (including phenoxy) is 1. The standard InChI is InChI=1S/C24H17Br2NO3/c1-15-3-2-4-16(9-15)14-30-23-21(25)11-17(12-22(23)26)10-20(13-27)18-5-7-19(8-6-18)24(28)29/h2-12H,14H2,1H3,(H,28,29)/b20-10-. The fourth-order valence-electron chi connectivity index (χ4n) is 2.90. The molecule has 4 nitrogen and oxygen atoms in total. The van der Waals surface area contributed by atoms with E-state index in [2.05, 4.69) is 44.0 Å². The fraction of sp³-hybridized carbons (Fsp3) is 0.0833. The Kier molecular flexibility index (Phi) is 7.09. The van der Waals surface area contributed by atoms with Gasteiger partial charge in [-0.15, -0.1) is 0 Å². The van der Waals surface area contributed by atoms with Crippen molar-refractivity contribution in [1.29, 1.82) is 5.26 Å². The number of benzene rings is 3. The first-order valence-electron chi connectivity index (χ1n) is 9.00. The quantitative estimate of drug-likeness (QED) is 0.281. The minimum atomic E-state index is -1.00. The Morgan fingerprint density at radius 3 is 2.27 bits per heavy atom. The SMILES string of the molecule is Cc1cccc(COc2c(Br)cc(/C=C(/C#N)c3ccc(C(=O)O)cc3)cc2Br)c1. The maximum atomic E-state index is 11.0. The van der Waals surface area contributed by atoms with Crippen molar-refractivity contribution >= 4 is 49.5 Å². The van der Waals surface area contributed by atoms with Gasteiger partial charge in [-0.25, -0.2) is 4.79 Å². The van der Waals surface area contributed by atoms with Gasteiger partial charge >= 0.3 is 5.97 Å². The summed E-state index contributed by atoms with van der Waals surface area (Å²) in [6.07, 6.45) is 1.75. The van der Waals surface area contributed by atoms with Gasteiger partial charge < -0.3 is 9.84 Å². The molecule has 0 aliphatic heterocycles. The lowest BCUT2D eigenvalue weighted by molar-refractivity contribution is 0.0697. The zero-order valence-corrected chi connectivity index (χ0v) is 19.2. The first-order chi connectivity index (χ1) is 14.4. The molecule has 1 N–H and O–H groups in total. The topological polar surface area (TPSA) is 70.3 Å². The fourth-order valence-corrected chi connectivity index (χ4v) is 4.35. The van der Waals surface area contributed by atoms with E-state index >= 15 is 0 Å². The van der Waals surface area contributed by atoms with Crippen LogP contribution in [0, 0.1) is 18.3 Å². The molecule has 0 radical (unpaired) electrons. The molecule has 0 bridgehead atoms. The van der Waals surface area contributed by atoms with Gasteiger partial charge in [0.05, 0.1) is 26.2 Å². The van der Waals surface area contributed by atoms with Crippen LogP contribution in [0.4, 0.5) is 0 Å². The summed E-state index contributed by atoms with van der Waals surface area (Å²) in [4.78, 5) is 11.0. The molecule has 0 saturated carbocycles. The Morgan fingerprint density at radius 2 is 1.70 bits per heavy atom. The van der Waals surface area contributed by atoms with Crippen LogP contribution in [0.2, 0.25) is 0 Å². The largest absolute Gasteiger partial charge is 0.487 e. The minimum Gasteiger partial charge on any atom is -0.487 e. The molecule has 0 saturated heterocycles. The normalized spacial score (nSPS) is 11.1. The lowest BCUT2D eigenvalue weighted by Crippen LogP contribution is -1.98. The van der Waals surface area contributed by atoms with Crippen molar-refractivity contribution in [2.45, 2.75) is 13.5 Å². The van der Waals surface area contributed by atoms with E-state index in [1.807, 2.05) is 37.3 Å². The number of carboxylic acid groups (broad SMARTS) is 1. The molecule has 0 heterocycles. The summed E-state index contributed by atoms with van der Waals surface area (Å²) in [6.45, 7) is 2.48. The molecule has 0 aliphatic carbocycles. The molecule has 0 unspecified atom stereocenters. The Labute approximate surface area is 191 Å². The number of hydrogen-bond acceptors (Lipinski definition) is 3. The maximum absolute atomic E-state index is 11.0. The van der Waals surface area contributed by atoms with E-state index in [4.69, 9.17) is 9.84 Å². The van der Waals surface area contributed by atoms with E-state index in [1.54, 1.807) is 18.2 Å². The van der Waals surface area contributed by atoms with Crippen molar-refractivity contribution in [3.63, 3.8) is 0 Å². The predicted octanol–water partition coefficient (Wildman–Crippen LogP) is 6.86. The lowest BCUT2D eigenvalue weighted by Gasteiger charge is -2.12. The van der Waals surface area contributed by atoms with Crippen molar-refractivity contribution in [2.75, 3.05) is 0 Å². The summed E-state index contributed by atoms with van der Waals surface area (Å²) in [6, 6.07) is 20.3. The van der Waals surface area contributed by atoms with Gasteiger partial charge in [0.1, 0.15) is 12.4 Å². The Hall–Kier alpha value is -2.88. The van der Waals surface area contributed by atoms with Crippen molar-refractivity contribution < 1.29 is 14.6 Å². The van der Waals surface area contributed by atoms with Gasteiger partial charge in [0.2, 0.25) is 0 Å². The van der Waals surface area contributed by atoms with E-state index in [9.17, 15) is 10.1 Å². The highest BCUT2D eigenvalue weighted by molar-refractivity contribution is 9.11. The molecular formula is C24H17Br2NO3. The second-order valence-electron chi connectivity index (χ2n) is 6.64. The molecule has 0 amide bonds. The van der Waals surface area contributed by atoms with Gasteiger partial charge in [-0.3, -0.25) is 0 Å². The Balaban J connectivity index is 1.84. The van der Waals surface area contributed by atoms with Gasteiger partial charge in [-0.05, 0) is 85.8 Å². The monoisotopic (exact) mass is 525 g/mol. The van der Waals surface area contributed by atoms with Crippen LogP contribution in [0.15, 0.2) is 69.6 Å². The molecule has 3 rings (SSSR count). The summed E-state index contributed by atoms with van der Waals surface area (Å²) in [5.41, 5.74) is 4.31. The van der Waals surface area contributed by atoms with Crippen molar-refractivity contribution in [2.24, 2.45) is 0 Å². The summed E-state index contributed by atoms with van der Waals surface area (Å²) in [5, 5.41) is 18.6. The second-order valence-corrected chi connectivity index (χ2v) is 8.35. The van der Waals surface area contributed by atoms with E-state index in [1.165, 1.54) is 17.7 Å². The molecule has 0 aliphatic rings. The first-order valence-corrected chi connectivity index (χ1v) is 10.6. The molecular weight excluding hydrogens is 510 g/mol. The van der Waals surface area contributed by atoms with Gasteiger partial charge in [0.15, 0.2) is 0 Å². The zero-order chi connectivity index (χ0) is 21.7. The molecule has 6 heteroatoms. The summed E-state index contributed by atoms with van der Waals surface area (Å²) >= 11 is 7.09. The number of carboxylic acids is 1. The van der Waals surface area contributed by atoms with Gasteiger partial charge in [-0.2, -0.15) is 5.26 Å². The average Bonchev–Trinajstić information content (AvgIpc) is 2.71. The molecule has 0 aromatic heterocycles. The highest BCUT2D eigenvalue weighted by Gasteiger charge is 2.11. The number of nitrogens with zero attached hydrogens (tertiary/aromatic N) is 1. The number of allylic oxidation sites excluding steroid dienone is 1. The van der Waals surface area contributed by atoms with Gasteiger partial charge in [0, 0.05) is 0 Å². The Morgan fingerprint density at radius 1 is 1.07 bits per heavy atom. The molecule has 30 heavy (non-hydrogen) atoms. The number of carbonyl (C=O) groups is 1. The van der Waals surface area contributed by atoms with Crippen LogP contribution >= 0.6 is 31.9 Å². The third-order valence-corrected chi connectivity index (χ3v) is 5.54.